The number of nitrogens with zero attached hydrogens (tertiary/aromatic N) is 2. The summed E-state index contributed by atoms with van der Waals surface area (Å²) in [6.45, 7) is 2.79. The highest BCUT2D eigenvalue weighted by Gasteiger charge is 2.30. The number of sulfonamides is 1. The smallest absolute Gasteiger partial charge is 0.258 e. The molecule has 5 rings (SSSR count). The number of likely N-dealkylation sites (tertiary alicyclic amines) is 1. The van der Waals surface area contributed by atoms with Gasteiger partial charge in [0.1, 0.15) is 0 Å². The van der Waals surface area contributed by atoms with Crippen molar-refractivity contribution in [2.45, 2.75) is 30.7 Å². The first-order valence-corrected chi connectivity index (χ1v) is 15.2. The van der Waals surface area contributed by atoms with Crippen molar-refractivity contribution in [2.24, 2.45) is 0 Å². The number of hydrogen-bond acceptors (Lipinski definition) is 6. The van der Waals surface area contributed by atoms with Gasteiger partial charge in [0.25, 0.3) is 5.91 Å². The van der Waals surface area contributed by atoms with E-state index in [-0.39, 0.29) is 23.3 Å². The fourth-order valence-corrected chi connectivity index (χ4v) is 6.06. The number of piperidine rings is 1. The molecular formula is C31H35N5O4S. The highest BCUT2D eigenvalue weighted by molar-refractivity contribution is 7.89. The van der Waals surface area contributed by atoms with Gasteiger partial charge in [0.2, 0.25) is 15.9 Å². The lowest BCUT2D eigenvalue weighted by molar-refractivity contribution is -0.127. The summed E-state index contributed by atoms with van der Waals surface area (Å²) >= 11 is 0. The Hall–Kier alpha value is -3.99. The van der Waals surface area contributed by atoms with Gasteiger partial charge >= 0.3 is 0 Å². The summed E-state index contributed by atoms with van der Waals surface area (Å²) in [4.78, 5) is 29.1. The van der Waals surface area contributed by atoms with E-state index in [1.807, 2.05) is 42.5 Å². The fraction of sp³-hybridized carbons (Fsp3) is 0.290. The third-order valence-corrected chi connectivity index (χ3v) is 8.75. The lowest BCUT2D eigenvalue weighted by Crippen LogP contribution is -2.36. The summed E-state index contributed by atoms with van der Waals surface area (Å²) < 4.78 is 28.4. The molecule has 2 aliphatic heterocycles. The van der Waals surface area contributed by atoms with E-state index in [4.69, 9.17) is 0 Å². The highest BCUT2D eigenvalue weighted by atomic mass is 32.2. The van der Waals surface area contributed by atoms with E-state index in [1.54, 1.807) is 20.2 Å². The minimum absolute atomic E-state index is 0.0358. The molecule has 10 heteroatoms. The zero-order valence-corrected chi connectivity index (χ0v) is 24.1. The van der Waals surface area contributed by atoms with Gasteiger partial charge in [-0.2, -0.15) is 0 Å². The van der Waals surface area contributed by atoms with Gasteiger partial charge in [-0.1, -0.05) is 48.9 Å². The van der Waals surface area contributed by atoms with Gasteiger partial charge in [-0.05, 0) is 67.4 Å². The topological polar surface area (TPSA) is 111 Å². The molecule has 41 heavy (non-hydrogen) atoms. The molecule has 9 nitrogen and oxygen atoms in total. The lowest BCUT2D eigenvalue weighted by Gasteiger charge is -2.26. The maximum atomic E-state index is 13.3. The predicted molar refractivity (Wildman–Crippen MR) is 161 cm³/mol. The number of rotatable bonds is 9. The van der Waals surface area contributed by atoms with Crippen molar-refractivity contribution in [3.63, 3.8) is 0 Å². The summed E-state index contributed by atoms with van der Waals surface area (Å²) in [5.41, 5.74) is 4.70. The minimum atomic E-state index is -4.00. The van der Waals surface area contributed by atoms with Gasteiger partial charge in [0.15, 0.2) is 0 Å². The van der Waals surface area contributed by atoms with Gasteiger partial charge in [-0.25, -0.2) is 13.1 Å². The maximum absolute atomic E-state index is 13.3. The quantitative estimate of drug-likeness (QED) is 0.334. The highest BCUT2D eigenvalue weighted by Crippen LogP contribution is 2.38. The van der Waals surface area contributed by atoms with Gasteiger partial charge < -0.3 is 15.5 Å². The molecule has 1 fully saturated rings. The van der Waals surface area contributed by atoms with Gasteiger partial charge in [-0.3, -0.25) is 14.5 Å². The van der Waals surface area contributed by atoms with Crippen molar-refractivity contribution in [2.75, 3.05) is 44.4 Å². The summed E-state index contributed by atoms with van der Waals surface area (Å²) in [7, 11) is -0.889. The van der Waals surface area contributed by atoms with E-state index in [0.717, 1.165) is 30.9 Å². The molecule has 0 aliphatic carbocycles. The van der Waals surface area contributed by atoms with Crippen molar-refractivity contribution in [1.82, 2.24) is 14.5 Å². The SMILES string of the molecule is CN(C)C(=O)CNS(=O)(=O)c1ccc2c(c1)/C(=C(/Nc1ccc(CN3CCCCC3)cc1)c1ccccc1)C(=O)N2. The van der Waals surface area contributed by atoms with Crippen molar-refractivity contribution < 1.29 is 18.0 Å². The molecule has 0 saturated carbocycles. The number of amides is 2. The Morgan fingerprint density at radius 3 is 2.34 bits per heavy atom. The second kappa shape index (κ2) is 12.3. The number of nitrogens with one attached hydrogen (secondary N) is 3. The Labute approximate surface area is 241 Å². The molecular weight excluding hydrogens is 538 g/mol. The molecule has 2 aliphatic rings. The monoisotopic (exact) mass is 573 g/mol. The van der Waals surface area contributed by atoms with Crippen LogP contribution in [0.15, 0.2) is 77.7 Å². The maximum Gasteiger partial charge on any atom is 0.258 e. The van der Waals surface area contributed by atoms with E-state index in [9.17, 15) is 18.0 Å². The molecule has 0 atom stereocenters. The molecule has 3 N–H and O–H groups in total. The Kier molecular flexibility index (Phi) is 8.53. The van der Waals surface area contributed by atoms with Gasteiger partial charge in [-0.15, -0.1) is 0 Å². The molecule has 3 aromatic rings. The predicted octanol–water partition coefficient (Wildman–Crippen LogP) is 3.97. The largest absolute Gasteiger partial charge is 0.354 e. The first kappa shape index (κ1) is 28.5. The number of carbonyl (C=O) groups excluding carboxylic acids is 2. The standard InChI is InChI=1S/C31H35N5O4S/c1-35(2)28(37)20-32-41(39,40)25-15-16-27-26(19-25)29(31(38)34-27)30(23-9-5-3-6-10-23)33-24-13-11-22(12-14-24)21-36-17-7-4-8-18-36/h3,5-6,9-16,19,32-33H,4,7-8,17-18,20-21H2,1-2H3,(H,34,38)/b30-29-. The van der Waals surface area contributed by atoms with Crippen LogP contribution in [0.1, 0.15) is 36.0 Å². The van der Waals surface area contributed by atoms with E-state index < -0.39 is 10.0 Å². The minimum Gasteiger partial charge on any atom is -0.354 e. The number of carbonyl (C=O) groups is 2. The second-order valence-electron chi connectivity index (χ2n) is 10.5. The zero-order chi connectivity index (χ0) is 29.0. The molecule has 0 aromatic heterocycles. The van der Waals surface area contributed by atoms with Crippen LogP contribution in [0.5, 0.6) is 0 Å². The van der Waals surface area contributed by atoms with Gasteiger partial charge in [0.05, 0.1) is 22.7 Å². The van der Waals surface area contributed by atoms with Crippen LogP contribution in [0.4, 0.5) is 11.4 Å². The molecule has 2 heterocycles. The van der Waals surface area contributed by atoms with Crippen molar-refractivity contribution in [1.29, 1.82) is 0 Å². The molecule has 0 spiro atoms. The van der Waals surface area contributed by atoms with E-state index >= 15 is 0 Å². The van der Waals surface area contributed by atoms with Crippen LogP contribution in [-0.4, -0.2) is 63.8 Å². The number of likely N-dealkylation sites (N-methyl/N-ethyl adjacent to an activating group) is 1. The van der Waals surface area contributed by atoms with Crippen LogP contribution >= 0.6 is 0 Å². The van der Waals surface area contributed by atoms with Crippen LogP contribution in [-0.2, 0) is 26.2 Å². The molecule has 0 bridgehead atoms. The van der Waals surface area contributed by atoms with E-state index in [2.05, 4.69) is 32.4 Å². The Bertz CT molecular complexity index is 1560. The molecule has 0 unspecified atom stereocenters. The number of anilines is 2. The number of benzene rings is 3. The average Bonchev–Trinajstić information content (AvgIpc) is 3.31. The van der Waals surface area contributed by atoms with E-state index in [1.165, 1.54) is 41.9 Å². The Morgan fingerprint density at radius 1 is 0.951 bits per heavy atom. The summed E-state index contributed by atoms with van der Waals surface area (Å²) in [6.07, 6.45) is 3.78. The third kappa shape index (κ3) is 6.67. The number of fused-ring (bicyclic) bond motifs is 1. The fourth-order valence-electron chi connectivity index (χ4n) is 5.06. The zero-order valence-electron chi connectivity index (χ0n) is 23.3. The number of hydrogen-bond donors (Lipinski definition) is 3. The molecule has 214 valence electrons. The molecule has 1 saturated heterocycles. The van der Waals surface area contributed by atoms with Crippen molar-refractivity contribution in [3.05, 3.63) is 89.5 Å². The van der Waals surface area contributed by atoms with Crippen LogP contribution in [0.2, 0.25) is 0 Å². The van der Waals surface area contributed by atoms with Gasteiger partial charge in [0, 0.05) is 37.6 Å². The van der Waals surface area contributed by atoms with E-state index in [0.29, 0.717) is 22.5 Å². The second-order valence-corrected chi connectivity index (χ2v) is 12.3. The molecule has 2 amide bonds. The molecule has 3 aromatic carbocycles. The molecule has 0 radical (unpaired) electrons. The van der Waals surface area contributed by atoms with Crippen LogP contribution in [0.25, 0.3) is 11.3 Å². The lowest BCUT2D eigenvalue weighted by atomic mass is 10.00. The third-order valence-electron chi connectivity index (χ3n) is 7.35. The van der Waals surface area contributed by atoms with Crippen LogP contribution in [0, 0.1) is 0 Å². The normalized spacial score (nSPS) is 16.6. The average molecular weight is 574 g/mol. The summed E-state index contributed by atoms with van der Waals surface area (Å²) in [6, 6.07) is 22.1. The first-order valence-electron chi connectivity index (χ1n) is 13.7. The van der Waals surface area contributed by atoms with Crippen molar-refractivity contribution in [3.8, 4) is 0 Å². The summed E-state index contributed by atoms with van der Waals surface area (Å²) in [5, 5.41) is 6.30. The van der Waals surface area contributed by atoms with Crippen molar-refractivity contribution >= 4 is 44.5 Å². The Balaban J connectivity index is 1.48. The van der Waals surface area contributed by atoms with Crippen LogP contribution < -0.4 is 15.4 Å². The Morgan fingerprint density at radius 2 is 1.66 bits per heavy atom. The van der Waals surface area contributed by atoms with Crippen LogP contribution in [0.3, 0.4) is 0 Å². The summed E-state index contributed by atoms with van der Waals surface area (Å²) in [5.74, 6) is -0.706. The first-order chi connectivity index (χ1) is 19.7.